The SMILES string of the molecule is Cc1cc(OCF)c(S(C)(=O)=O)cc1C(=O)O. The molecule has 0 saturated carbocycles. The highest BCUT2D eigenvalue weighted by Crippen LogP contribution is 2.28. The van der Waals surface area contributed by atoms with E-state index < -0.39 is 22.7 Å². The van der Waals surface area contributed by atoms with E-state index in [9.17, 15) is 17.6 Å². The molecule has 0 atom stereocenters. The second-order valence-electron chi connectivity index (χ2n) is 3.44. The minimum atomic E-state index is -3.68. The Balaban J connectivity index is 3.53. The van der Waals surface area contributed by atoms with Crippen LogP contribution in [-0.2, 0) is 9.84 Å². The molecule has 0 saturated heterocycles. The Labute approximate surface area is 97.8 Å². The van der Waals surface area contributed by atoms with Gasteiger partial charge in [0.15, 0.2) is 9.84 Å². The fourth-order valence-corrected chi connectivity index (χ4v) is 2.17. The highest BCUT2D eigenvalue weighted by Gasteiger charge is 2.19. The molecule has 1 aromatic carbocycles. The van der Waals surface area contributed by atoms with Crippen LogP contribution in [0.15, 0.2) is 17.0 Å². The Hall–Kier alpha value is -1.63. The number of aryl methyl sites for hydroxylation is 1. The lowest BCUT2D eigenvalue weighted by molar-refractivity contribution is 0.0695. The summed E-state index contributed by atoms with van der Waals surface area (Å²) in [7, 11) is -3.68. The van der Waals surface area contributed by atoms with Gasteiger partial charge in [0, 0.05) is 6.26 Å². The molecule has 0 unspecified atom stereocenters. The van der Waals surface area contributed by atoms with Crippen LogP contribution in [0.3, 0.4) is 0 Å². The number of carbonyl (C=O) groups is 1. The third kappa shape index (κ3) is 2.94. The smallest absolute Gasteiger partial charge is 0.335 e. The molecular weight excluding hydrogens is 251 g/mol. The van der Waals surface area contributed by atoms with Crippen molar-refractivity contribution in [3.63, 3.8) is 0 Å². The zero-order chi connectivity index (χ0) is 13.2. The number of rotatable bonds is 4. The van der Waals surface area contributed by atoms with Crippen LogP contribution in [0, 0.1) is 6.92 Å². The van der Waals surface area contributed by atoms with Gasteiger partial charge in [0.1, 0.15) is 10.6 Å². The molecule has 0 amide bonds. The van der Waals surface area contributed by atoms with Crippen molar-refractivity contribution in [2.24, 2.45) is 0 Å². The number of benzene rings is 1. The summed E-state index contributed by atoms with van der Waals surface area (Å²) in [5.74, 6) is -1.43. The molecule has 0 aromatic heterocycles. The summed E-state index contributed by atoms with van der Waals surface area (Å²) in [4.78, 5) is 10.5. The van der Waals surface area contributed by atoms with Gasteiger partial charge in [-0.05, 0) is 24.6 Å². The van der Waals surface area contributed by atoms with E-state index in [0.717, 1.165) is 12.3 Å². The number of carboxylic acids is 1. The lowest BCUT2D eigenvalue weighted by atomic mass is 10.1. The number of aromatic carboxylic acids is 1. The molecule has 0 aliphatic heterocycles. The molecule has 0 spiro atoms. The van der Waals surface area contributed by atoms with Gasteiger partial charge >= 0.3 is 5.97 Å². The van der Waals surface area contributed by atoms with Crippen molar-refractivity contribution in [3.05, 3.63) is 23.3 Å². The zero-order valence-corrected chi connectivity index (χ0v) is 10.0. The van der Waals surface area contributed by atoms with E-state index in [1.165, 1.54) is 13.0 Å². The third-order valence-corrected chi connectivity index (χ3v) is 3.25. The van der Waals surface area contributed by atoms with E-state index in [4.69, 9.17) is 5.11 Å². The number of sulfone groups is 1. The van der Waals surface area contributed by atoms with E-state index >= 15 is 0 Å². The van der Waals surface area contributed by atoms with Crippen molar-refractivity contribution in [1.82, 2.24) is 0 Å². The average Bonchev–Trinajstić information content (AvgIpc) is 2.15. The predicted molar refractivity (Wildman–Crippen MR) is 57.9 cm³/mol. The van der Waals surface area contributed by atoms with Gasteiger partial charge in [-0.15, -0.1) is 0 Å². The number of ether oxygens (including phenoxy) is 1. The molecule has 1 N–H and O–H groups in total. The first-order valence-electron chi connectivity index (χ1n) is 4.54. The van der Waals surface area contributed by atoms with Crippen molar-refractivity contribution < 1.29 is 27.4 Å². The maximum Gasteiger partial charge on any atom is 0.335 e. The minimum Gasteiger partial charge on any atom is -0.478 e. The maximum atomic E-state index is 12.1. The van der Waals surface area contributed by atoms with Crippen LogP contribution in [0.25, 0.3) is 0 Å². The highest BCUT2D eigenvalue weighted by atomic mass is 32.2. The Morgan fingerprint density at radius 2 is 2.06 bits per heavy atom. The van der Waals surface area contributed by atoms with Crippen molar-refractivity contribution in [2.75, 3.05) is 13.1 Å². The number of alkyl halides is 1. The molecule has 7 heteroatoms. The number of halogens is 1. The summed E-state index contributed by atoms with van der Waals surface area (Å²) in [5, 5.41) is 8.87. The van der Waals surface area contributed by atoms with Gasteiger partial charge < -0.3 is 9.84 Å². The van der Waals surface area contributed by atoms with Gasteiger partial charge in [0.05, 0.1) is 5.56 Å². The quantitative estimate of drug-likeness (QED) is 0.887. The van der Waals surface area contributed by atoms with Crippen molar-refractivity contribution >= 4 is 15.8 Å². The summed E-state index contributed by atoms with van der Waals surface area (Å²) in [6, 6.07) is 2.16. The predicted octanol–water partition coefficient (Wildman–Crippen LogP) is 1.40. The molecule has 0 bridgehead atoms. The molecule has 17 heavy (non-hydrogen) atoms. The second kappa shape index (κ2) is 4.70. The minimum absolute atomic E-state index is 0.156. The fourth-order valence-electron chi connectivity index (χ4n) is 1.35. The Morgan fingerprint density at radius 1 is 1.47 bits per heavy atom. The summed E-state index contributed by atoms with van der Waals surface area (Å²) in [6.45, 7) is 0.287. The lowest BCUT2D eigenvalue weighted by Gasteiger charge is -2.10. The van der Waals surface area contributed by atoms with Gasteiger partial charge in [-0.2, -0.15) is 0 Å². The first-order chi connectivity index (χ1) is 7.77. The van der Waals surface area contributed by atoms with Crippen LogP contribution < -0.4 is 4.74 Å². The standard InChI is InChI=1S/C10H11FO5S/c1-6-3-8(16-5-11)9(17(2,14)15)4-7(6)10(12)13/h3-4H,5H2,1-2H3,(H,12,13). The van der Waals surface area contributed by atoms with Gasteiger partial charge in [0.25, 0.3) is 0 Å². The molecular formula is C10H11FO5S. The van der Waals surface area contributed by atoms with Crippen molar-refractivity contribution in [2.45, 2.75) is 11.8 Å². The molecule has 0 aliphatic carbocycles. The molecule has 94 valence electrons. The normalized spacial score (nSPS) is 11.2. The summed E-state index contributed by atoms with van der Waals surface area (Å²) in [5.41, 5.74) is 0.144. The Kier molecular flexibility index (Phi) is 3.72. The lowest BCUT2D eigenvalue weighted by Crippen LogP contribution is -2.07. The van der Waals surface area contributed by atoms with E-state index in [2.05, 4.69) is 4.74 Å². The fraction of sp³-hybridized carbons (Fsp3) is 0.300. The molecule has 0 radical (unpaired) electrons. The Morgan fingerprint density at radius 3 is 2.47 bits per heavy atom. The number of carboxylic acid groups (broad SMARTS) is 1. The maximum absolute atomic E-state index is 12.1. The van der Waals surface area contributed by atoms with Crippen LogP contribution in [0.2, 0.25) is 0 Å². The first-order valence-corrected chi connectivity index (χ1v) is 6.43. The van der Waals surface area contributed by atoms with Crippen molar-refractivity contribution in [3.8, 4) is 5.75 Å². The molecule has 0 heterocycles. The highest BCUT2D eigenvalue weighted by molar-refractivity contribution is 7.90. The average molecular weight is 262 g/mol. The van der Waals surface area contributed by atoms with E-state index in [1.54, 1.807) is 0 Å². The summed E-state index contributed by atoms with van der Waals surface area (Å²) < 4.78 is 39.5. The van der Waals surface area contributed by atoms with Gasteiger partial charge in [0.2, 0.25) is 6.86 Å². The van der Waals surface area contributed by atoms with Crippen molar-refractivity contribution in [1.29, 1.82) is 0 Å². The van der Waals surface area contributed by atoms with Gasteiger partial charge in [-0.1, -0.05) is 0 Å². The topological polar surface area (TPSA) is 80.7 Å². The van der Waals surface area contributed by atoms with Gasteiger partial charge in [-0.3, -0.25) is 0 Å². The molecule has 0 fully saturated rings. The summed E-state index contributed by atoms with van der Waals surface area (Å²) in [6.07, 6.45) is 0.897. The van der Waals surface area contributed by atoms with Crippen LogP contribution >= 0.6 is 0 Å². The van der Waals surface area contributed by atoms with Crippen LogP contribution in [0.1, 0.15) is 15.9 Å². The first kappa shape index (κ1) is 13.4. The molecule has 1 rings (SSSR count). The third-order valence-electron chi connectivity index (χ3n) is 2.13. The largest absolute Gasteiger partial charge is 0.478 e. The van der Waals surface area contributed by atoms with E-state index in [-0.39, 0.29) is 16.2 Å². The van der Waals surface area contributed by atoms with Crippen LogP contribution in [-0.4, -0.2) is 32.6 Å². The van der Waals surface area contributed by atoms with E-state index in [0.29, 0.717) is 5.56 Å². The van der Waals surface area contributed by atoms with Gasteiger partial charge in [-0.25, -0.2) is 17.6 Å². The van der Waals surface area contributed by atoms with E-state index in [1.807, 2.05) is 0 Å². The van der Waals surface area contributed by atoms with Crippen LogP contribution in [0.5, 0.6) is 5.75 Å². The Bertz CT molecular complexity index is 550. The second-order valence-corrected chi connectivity index (χ2v) is 5.43. The molecule has 1 aromatic rings. The number of hydrogen-bond donors (Lipinski definition) is 1. The summed E-state index contributed by atoms with van der Waals surface area (Å²) >= 11 is 0. The monoisotopic (exact) mass is 262 g/mol. The zero-order valence-electron chi connectivity index (χ0n) is 9.23. The molecule has 0 aliphatic rings. The van der Waals surface area contributed by atoms with Crippen LogP contribution in [0.4, 0.5) is 4.39 Å². The number of hydrogen-bond acceptors (Lipinski definition) is 4. The molecule has 5 nitrogen and oxygen atoms in total.